The summed E-state index contributed by atoms with van der Waals surface area (Å²) in [7, 11) is 6.15. The molecule has 16 rings (SSSR count). The number of benzene rings is 5. The van der Waals surface area contributed by atoms with E-state index < -0.39 is 170 Å². The molecule has 28 heteroatoms. The highest BCUT2D eigenvalue weighted by Crippen LogP contribution is 2.70. The number of carbonyl (C=O) groups excluding carboxylic acids is 9. The molecule has 1 aromatic heterocycles. The second kappa shape index (κ2) is 31.6. The van der Waals surface area contributed by atoms with Gasteiger partial charge in [-0.2, -0.15) is 0 Å². The molecule has 3 saturated carbocycles. The zero-order chi connectivity index (χ0) is 86.8. The average molecular weight is 1660 g/mol. The van der Waals surface area contributed by atoms with Crippen molar-refractivity contribution in [2.75, 3.05) is 72.6 Å². The number of para-hydroxylation sites is 1. The van der Waals surface area contributed by atoms with E-state index in [1.807, 2.05) is 50.1 Å². The summed E-state index contributed by atoms with van der Waals surface area (Å²) in [5.74, 6) is -8.40. The molecule has 7 N–H and O–H groups in total. The summed E-state index contributed by atoms with van der Waals surface area (Å²) in [6, 6.07) is 33.9. The van der Waals surface area contributed by atoms with E-state index in [1.165, 1.54) is 47.1 Å². The number of ketones is 1. The molecule has 4 bridgehead atoms. The molecular weight excluding hydrogens is 1560 g/mol. The van der Waals surface area contributed by atoms with Crippen molar-refractivity contribution >= 4 is 70.1 Å². The Morgan fingerprint density at radius 2 is 1.39 bits per heavy atom. The summed E-state index contributed by atoms with van der Waals surface area (Å²) >= 11 is 0. The highest BCUT2D eigenvalue weighted by molar-refractivity contribution is 5.98. The minimum atomic E-state index is -2.39. The van der Waals surface area contributed by atoms with Crippen molar-refractivity contribution in [2.45, 2.75) is 208 Å². The number of fused-ring (bicyclic) bond motifs is 11. The Bertz CT molecular complexity index is 5170. The number of aliphatic hydroxyl groups excluding tert-OH is 2. The maximum atomic E-state index is 15.5. The number of amides is 1. The van der Waals surface area contributed by atoms with Gasteiger partial charge in [0, 0.05) is 129 Å². The molecule has 28 nitrogen and oxygen atoms in total. The molecule has 7 heterocycles. The molecule has 1 spiro atoms. The van der Waals surface area contributed by atoms with Crippen molar-refractivity contribution in [1.82, 2.24) is 20.1 Å². The van der Waals surface area contributed by atoms with Gasteiger partial charge in [0.1, 0.15) is 35.1 Å². The lowest BCUT2D eigenvalue weighted by molar-refractivity contribution is -0.346. The second-order valence-electron chi connectivity index (χ2n) is 35.6. The third-order valence-corrected chi connectivity index (χ3v) is 29.1. The fourth-order valence-corrected chi connectivity index (χ4v) is 23.7. The number of aliphatic hydroxyl groups is 5. The lowest BCUT2D eigenvalue weighted by Gasteiger charge is -2.67. The van der Waals surface area contributed by atoms with E-state index in [4.69, 9.17) is 42.6 Å². The van der Waals surface area contributed by atoms with Crippen LogP contribution in [0.4, 0.5) is 5.69 Å². The molecule has 21 atom stereocenters. The first-order valence-electron chi connectivity index (χ1n) is 41.7. The number of esters is 7. The van der Waals surface area contributed by atoms with Gasteiger partial charge in [-0.3, -0.25) is 38.6 Å². The van der Waals surface area contributed by atoms with E-state index in [0.717, 1.165) is 47.3 Å². The molecule has 4 aliphatic carbocycles. The zero-order valence-electron chi connectivity index (χ0n) is 70.5. The second-order valence-corrected chi connectivity index (χ2v) is 35.6. The van der Waals surface area contributed by atoms with Crippen LogP contribution in [-0.4, -0.2) is 239 Å². The number of Topliss-reactive ketones (excluding diaryl/α,β-unsaturated/α-hetero) is 1. The number of nitrogens with one attached hydrogen (secondary N) is 2. The number of carbonyl (C=O) groups is 9. The Hall–Kier alpha value is -10.2. The predicted molar refractivity (Wildman–Crippen MR) is 438 cm³/mol. The summed E-state index contributed by atoms with van der Waals surface area (Å²) < 4.78 is 54.2. The van der Waals surface area contributed by atoms with Crippen LogP contribution in [0.25, 0.3) is 10.9 Å². The third kappa shape index (κ3) is 13.2. The van der Waals surface area contributed by atoms with E-state index in [9.17, 15) is 59.1 Å². The predicted octanol–water partition coefficient (Wildman–Crippen LogP) is 7.73. The van der Waals surface area contributed by atoms with Crippen molar-refractivity contribution in [2.24, 2.45) is 28.1 Å². The van der Waals surface area contributed by atoms with Crippen LogP contribution in [0.1, 0.15) is 162 Å². The molecule has 121 heavy (non-hydrogen) atoms. The standard InChI is InChI=1S/C47H51NO14.C46H58N4O9/c1-25-31(60-43(56)36(52)35(28-16-10-7-11-17-28)48-41(54)29-18-12-8-13-19-29)23-47(57)40(61-42(55)30-20-14-9-15-21-30)38-45(6,32(51)22-33-46(38,24-58-33)62-27(3)50)39(53)37(59-26(2)49)34(25)44(47,4)5;1-8-42(54)23-28-24-45(40(52)57-6,36-30(15-19-49(25-28)26-42)29-13-10-11-14-33(29)47-36)32-21-31-34(22-35(32)56-5)48(4)38-44(31)17-20-50-18-12-16-43(9-2,37(44)50)39(59-27(3)51)46(38,55)41(53)58-7/h7-21,31-33,35-38,40,51-52,57H,22-24H2,1-6H3,(H,48,54);10-14,16,21-22,28,37-39,47,54-55H,8-9,15,17-20,23-26H2,1-7H3/t31-,32-,33+,35-,36+,37+,38-,40-,45+,46-,47+;28-,37-,38+,39+,42-,43+,44+,45-,46-/m00/s1. The summed E-state index contributed by atoms with van der Waals surface area (Å²) in [6.07, 6.45) is -4.57. The fraction of sp³-hybridized carbons (Fsp3) is 0.516. The molecular formula is C93H109N5O23. The number of piperidine rings is 1. The fourth-order valence-electron chi connectivity index (χ4n) is 23.7. The van der Waals surface area contributed by atoms with E-state index in [-0.39, 0.29) is 47.3 Å². The Balaban J connectivity index is 0.000000188. The SMILES string of the molecule is CC(=O)O[C@H]1C(=O)[C@@]2(C)[C@H]([C@H](OC(=O)c3ccccc3)[C@]3(O)C[C@H](OC(=O)[C@H](O)[C@@H](NC(=O)c4ccccc4)c4ccccc4)C(C)=C1C3(C)C)[C@]1(OC(C)=O)CO[C@@H]1C[C@@H]2O.CC[C@]1(O)C[C@@H]2C[N@@](CCc3c([nH]c4ccccc34)[C@@](C(=O)OC)(c3cc4c(cc3OC)N(C)[C@H]3[C@@](O)(C(=O)OC)[C@H](OC(C)=O)[C@]5(CC)C=CCN6CC[C@]43[C@@H]65)C2)C1. The minimum absolute atomic E-state index is 0.00289. The van der Waals surface area contributed by atoms with Crippen LogP contribution in [0.5, 0.6) is 5.75 Å². The van der Waals surface area contributed by atoms with Crippen molar-refractivity contribution in [3.05, 3.63) is 190 Å². The number of hydrogen-bond donors (Lipinski definition) is 7. The average Bonchev–Trinajstić information content (AvgIpc) is 1.52. The maximum Gasteiger partial charge on any atom is 0.344 e. The number of aromatic nitrogens is 1. The van der Waals surface area contributed by atoms with E-state index in [0.29, 0.717) is 88.1 Å². The van der Waals surface area contributed by atoms with Crippen LogP contribution in [0, 0.1) is 28.1 Å². The first-order valence-corrected chi connectivity index (χ1v) is 41.7. The number of anilines is 1. The Morgan fingerprint density at radius 1 is 0.736 bits per heavy atom. The molecule has 1 amide bonds. The Labute approximate surface area is 702 Å². The monoisotopic (exact) mass is 1660 g/mol. The summed E-state index contributed by atoms with van der Waals surface area (Å²) in [4.78, 5) is 137. The lowest BCUT2D eigenvalue weighted by atomic mass is 9.44. The van der Waals surface area contributed by atoms with Gasteiger partial charge in [-0.25, -0.2) is 14.4 Å². The van der Waals surface area contributed by atoms with Gasteiger partial charge >= 0.3 is 41.8 Å². The van der Waals surface area contributed by atoms with Crippen molar-refractivity contribution in [3.63, 3.8) is 0 Å². The number of likely N-dealkylation sites (N-methyl/N-ethyl adjacent to an activating group) is 1. The van der Waals surface area contributed by atoms with Gasteiger partial charge in [-0.15, -0.1) is 0 Å². The molecule has 3 saturated heterocycles. The topological polar surface area (TPSA) is 375 Å². The van der Waals surface area contributed by atoms with Crippen LogP contribution < -0.4 is 15.0 Å². The zero-order valence-corrected chi connectivity index (χ0v) is 70.5. The number of hydrogen-bond acceptors (Lipinski definition) is 26. The van der Waals surface area contributed by atoms with Crippen molar-refractivity contribution in [1.29, 1.82) is 0 Å². The van der Waals surface area contributed by atoms with E-state index in [2.05, 4.69) is 44.4 Å². The van der Waals surface area contributed by atoms with Gasteiger partial charge in [0.15, 0.2) is 29.7 Å². The van der Waals surface area contributed by atoms with Gasteiger partial charge in [0.2, 0.25) is 5.60 Å². The molecule has 0 radical (unpaired) electrons. The largest absolute Gasteiger partial charge is 0.496 e. The molecule has 10 aliphatic rings. The Morgan fingerprint density at radius 3 is 2.01 bits per heavy atom. The first kappa shape index (κ1) is 85.8. The number of methoxy groups -OCH3 is 3. The Kier molecular flexibility index (Phi) is 22.4. The molecule has 6 aliphatic heterocycles. The number of aromatic amines is 1. The van der Waals surface area contributed by atoms with E-state index >= 15 is 9.59 Å². The highest BCUT2D eigenvalue weighted by atomic mass is 16.6. The van der Waals surface area contributed by atoms with Gasteiger partial charge in [0.05, 0.1) is 68.6 Å². The van der Waals surface area contributed by atoms with E-state index in [1.54, 1.807) is 99.8 Å². The molecule has 6 fully saturated rings. The first-order chi connectivity index (χ1) is 57.5. The summed E-state index contributed by atoms with van der Waals surface area (Å²) in [5, 5.41) is 66.6. The van der Waals surface area contributed by atoms with Crippen LogP contribution >= 0.6 is 0 Å². The van der Waals surface area contributed by atoms with Gasteiger partial charge < -0.3 is 83.4 Å². The van der Waals surface area contributed by atoms with Gasteiger partial charge in [0.25, 0.3) is 5.91 Å². The maximum absolute atomic E-state index is 15.5. The summed E-state index contributed by atoms with van der Waals surface area (Å²) in [5.41, 5.74) is -8.64. The molecule has 5 aromatic carbocycles. The number of ether oxygens (including phenoxy) is 9. The van der Waals surface area contributed by atoms with Crippen LogP contribution in [-0.2, 0) is 88.7 Å². The number of rotatable bonds is 17. The molecule has 6 aromatic rings. The molecule has 0 unspecified atom stereocenters. The van der Waals surface area contributed by atoms with Crippen LogP contribution in [0.2, 0.25) is 0 Å². The van der Waals surface area contributed by atoms with Crippen LogP contribution in [0.15, 0.2) is 151 Å². The van der Waals surface area contributed by atoms with Gasteiger partial charge in [-0.1, -0.05) is 125 Å². The third-order valence-electron chi connectivity index (χ3n) is 29.1. The van der Waals surface area contributed by atoms with Crippen LogP contribution in [0.3, 0.4) is 0 Å². The lowest BCUT2D eigenvalue weighted by Crippen LogP contribution is -2.82. The van der Waals surface area contributed by atoms with Crippen molar-refractivity contribution < 1.29 is 111 Å². The summed E-state index contributed by atoms with van der Waals surface area (Å²) in [6.45, 7) is 16.6. The number of H-pyrrole nitrogens is 1. The number of nitrogens with zero attached hydrogens (tertiary/aromatic N) is 3. The smallest absolute Gasteiger partial charge is 0.344 e. The van der Waals surface area contributed by atoms with Crippen molar-refractivity contribution in [3.8, 4) is 5.75 Å². The van der Waals surface area contributed by atoms with Gasteiger partial charge in [-0.05, 0) is 129 Å². The minimum Gasteiger partial charge on any atom is -0.496 e. The quantitative estimate of drug-likeness (QED) is 0.0261. The normalized spacial score (nSPS) is 34.3. The highest BCUT2D eigenvalue weighted by Gasteiger charge is 2.82. The molecule has 644 valence electrons.